The van der Waals surface area contributed by atoms with Crippen molar-refractivity contribution in [3.05, 3.63) is 11.6 Å². The molecule has 1 N–H and O–H groups in total. The number of hydrogen-bond donors (Lipinski definition) is 1. The lowest BCUT2D eigenvalue weighted by molar-refractivity contribution is -0.128. The highest BCUT2D eigenvalue weighted by molar-refractivity contribution is 7.13. The molecule has 2 atom stereocenters. The van der Waals surface area contributed by atoms with Crippen LogP contribution < -0.4 is 5.32 Å². The van der Waals surface area contributed by atoms with Crippen molar-refractivity contribution in [1.29, 1.82) is 0 Å². The molecule has 0 spiro atoms. The SMILES string of the molecule is CC(OCC1CCCO1)C(=O)Nc1nccs1. The van der Waals surface area contributed by atoms with E-state index in [4.69, 9.17) is 9.47 Å². The molecule has 1 saturated heterocycles. The average Bonchev–Trinajstić information content (AvgIpc) is 2.98. The number of aromatic nitrogens is 1. The van der Waals surface area contributed by atoms with Crippen molar-refractivity contribution in [2.75, 3.05) is 18.5 Å². The molecule has 2 rings (SSSR count). The van der Waals surface area contributed by atoms with Gasteiger partial charge in [0.1, 0.15) is 6.10 Å². The maximum absolute atomic E-state index is 11.7. The van der Waals surface area contributed by atoms with Crippen molar-refractivity contribution in [1.82, 2.24) is 4.98 Å². The van der Waals surface area contributed by atoms with Crippen LogP contribution in [0, 0.1) is 0 Å². The monoisotopic (exact) mass is 256 g/mol. The van der Waals surface area contributed by atoms with Crippen molar-refractivity contribution < 1.29 is 14.3 Å². The van der Waals surface area contributed by atoms with E-state index in [0.717, 1.165) is 19.4 Å². The van der Waals surface area contributed by atoms with Gasteiger partial charge < -0.3 is 9.47 Å². The first-order valence-corrected chi connectivity index (χ1v) is 6.57. The highest BCUT2D eigenvalue weighted by atomic mass is 32.1. The number of carbonyl (C=O) groups is 1. The number of carbonyl (C=O) groups excluding carboxylic acids is 1. The number of nitrogens with zero attached hydrogens (tertiary/aromatic N) is 1. The Morgan fingerprint density at radius 3 is 3.35 bits per heavy atom. The molecule has 0 aliphatic carbocycles. The van der Waals surface area contributed by atoms with Gasteiger partial charge in [-0.1, -0.05) is 0 Å². The largest absolute Gasteiger partial charge is 0.376 e. The molecule has 1 fully saturated rings. The number of anilines is 1. The molecule has 1 aromatic heterocycles. The van der Waals surface area contributed by atoms with Gasteiger partial charge in [0.2, 0.25) is 0 Å². The lowest BCUT2D eigenvalue weighted by Gasteiger charge is -2.15. The summed E-state index contributed by atoms with van der Waals surface area (Å²) in [7, 11) is 0. The first-order chi connectivity index (χ1) is 8.25. The van der Waals surface area contributed by atoms with Crippen molar-refractivity contribution >= 4 is 22.4 Å². The maximum Gasteiger partial charge on any atom is 0.254 e. The normalized spacial score (nSPS) is 21.4. The summed E-state index contributed by atoms with van der Waals surface area (Å²) in [5.41, 5.74) is 0. The fourth-order valence-electron chi connectivity index (χ4n) is 1.60. The van der Waals surface area contributed by atoms with Crippen LogP contribution >= 0.6 is 11.3 Å². The Morgan fingerprint density at radius 2 is 2.71 bits per heavy atom. The molecule has 1 amide bonds. The molecular weight excluding hydrogens is 240 g/mol. The second kappa shape index (κ2) is 6.09. The van der Waals surface area contributed by atoms with Gasteiger partial charge in [0.05, 0.1) is 12.7 Å². The Hall–Kier alpha value is -0.980. The zero-order valence-corrected chi connectivity index (χ0v) is 10.5. The molecule has 2 heterocycles. The molecule has 0 aromatic carbocycles. The molecule has 0 bridgehead atoms. The summed E-state index contributed by atoms with van der Waals surface area (Å²) < 4.78 is 10.9. The zero-order chi connectivity index (χ0) is 12.1. The van der Waals surface area contributed by atoms with Gasteiger partial charge in [0, 0.05) is 18.2 Å². The summed E-state index contributed by atoms with van der Waals surface area (Å²) >= 11 is 1.39. The van der Waals surface area contributed by atoms with E-state index in [1.807, 2.05) is 5.38 Å². The minimum Gasteiger partial charge on any atom is -0.376 e. The van der Waals surface area contributed by atoms with Crippen LogP contribution in [0.1, 0.15) is 19.8 Å². The van der Waals surface area contributed by atoms with Gasteiger partial charge in [0.15, 0.2) is 5.13 Å². The van der Waals surface area contributed by atoms with E-state index in [1.165, 1.54) is 11.3 Å². The van der Waals surface area contributed by atoms with E-state index < -0.39 is 6.10 Å². The highest BCUT2D eigenvalue weighted by Gasteiger charge is 2.20. The van der Waals surface area contributed by atoms with Gasteiger partial charge in [-0.25, -0.2) is 4.98 Å². The van der Waals surface area contributed by atoms with Gasteiger partial charge in [-0.05, 0) is 19.8 Å². The smallest absolute Gasteiger partial charge is 0.254 e. The summed E-state index contributed by atoms with van der Waals surface area (Å²) in [5.74, 6) is -0.169. The van der Waals surface area contributed by atoms with Crippen LogP contribution in [0.25, 0.3) is 0 Å². The van der Waals surface area contributed by atoms with Crippen molar-refractivity contribution in [3.8, 4) is 0 Å². The van der Waals surface area contributed by atoms with Gasteiger partial charge in [0.25, 0.3) is 5.91 Å². The van der Waals surface area contributed by atoms with E-state index in [1.54, 1.807) is 13.1 Å². The molecule has 0 radical (unpaired) electrons. The van der Waals surface area contributed by atoms with Crippen LogP contribution in [-0.4, -0.2) is 36.3 Å². The third-order valence-corrected chi connectivity index (χ3v) is 3.28. The van der Waals surface area contributed by atoms with Gasteiger partial charge in [-0.2, -0.15) is 0 Å². The predicted molar refractivity (Wildman–Crippen MR) is 65.1 cm³/mol. The van der Waals surface area contributed by atoms with Crippen LogP contribution in [0.5, 0.6) is 0 Å². The molecule has 5 nitrogen and oxygen atoms in total. The number of hydrogen-bond acceptors (Lipinski definition) is 5. The van der Waals surface area contributed by atoms with Gasteiger partial charge >= 0.3 is 0 Å². The molecule has 17 heavy (non-hydrogen) atoms. The molecule has 1 aromatic rings. The summed E-state index contributed by atoms with van der Waals surface area (Å²) in [6.07, 6.45) is 3.40. The summed E-state index contributed by atoms with van der Waals surface area (Å²) in [6, 6.07) is 0. The Balaban J connectivity index is 1.71. The topological polar surface area (TPSA) is 60.5 Å². The van der Waals surface area contributed by atoms with E-state index in [2.05, 4.69) is 10.3 Å². The number of amides is 1. The lowest BCUT2D eigenvalue weighted by Crippen LogP contribution is -2.30. The quantitative estimate of drug-likeness (QED) is 0.870. The Labute approximate surface area is 104 Å². The molecule has 6 heteroatoms. The van der Waals surface area contributed by atoms with Crippen molar-refractivity contribution in [2.24, 2.45) is 0 Å². The summed E-state index contributed by atoms with van der Waals surface area (Å²) in [5, 5.41) is 5.11. The fourth-order valence-corrected chi connectivity index (χ4v) is 2.13. The molecule has 1 aliphatic heterocycles. The molecule has 0 saturated carbocycles. The van der Waals surface area contributed by atoms with E-state index in [9.17, 15) is 4.79 Å². The second-order valence-electron chi connectivity index (χ2n) is 3.94. The fraction of sp³-hybridized carbons (Fsp3) is 0.636. The number of ether oxygens (including phenoxy) is 2. The van der Waals surface area contributed by atoms with Crippen LogP contribution in [0.15, 0.2) is 11.6 Å². The summed E-state index contributed by atoms with van der Waals surface area (Å²) in [4.78, 5) is 15.7. The first-order valence-electron chi connectivity index (χ1n) is 5.69. The number of rotatable bonds is 5. The van der Waals surface area contributed by atoms with Crippen molar-refractivity contribution in [3.63, 3.8) is 0 Å². The van der Waals surface area contributed by atoms with Gasteiger partial charge in [-0.3, -0.25) is 10.1 Å². The van der Waals surface area contributed by atoms with Crippen LogP contribution in [-0.2, 0) is 14.3 Å². The predicted octanol–water partition coefficient (Wildman–Crippen LogP) is 1.67. The van der Waals surface area contributed by atoms with Gasteiger partial charge in [-0.15, -0.1) is 11.3 Å². The highest BCUT2D eigenvalue weighted by Crippen LogP contribution is 2.14. The number of nitrogens with one attached hydrogen (secondary N) is 1. The average molecular weight is 256 g/mol. The maximum atomic E-state index is 11.7. The van der Waals surface area contributed by atoms with Crippen LogP contribution in [0.3, 0.4) is 0 Å². The Morgan fingerprint density at radius 1 is 1.82 bits per heavy atom. The first kappa shape index (κ1) is 12.5. The molecule has 94 valence electrons. The zero-order valence-electron chi connectivity index (χ0n) is 9.72. The molecule has 1 aliphatic rings. The molecular formula is C11H16N2O3S. The third-order valence-electron chi connectivity index (χ3n) is 2.59. The van der Waals surface area contributed by atoms with Crippen LogP contribution in [0.2, 0.25) is 0 Å². The standard InChI is InChI=1S/C11H16N2O3S/c1-8(16-7-9-3-2-5-15-9)10(14)13-11-12-4-6-17-11/h4,6,8-9H,2-3,5,7H2,1H3,(H,12,13,14). The van der Waals surface area contributed by atoms with E-state index in [-0.39, 0.29) is 12.0 Å². The van der Waals surface area contributed by atoms with E-state index in [0.29, 0.717) is 11.7 Å². The molecule has 2 unspecified atom stereocenters. The van der Waals surface area contributed by atoms with Crippen LogP contribution in [0.4, 0.5) is 5.13 Å². The Kier molecular flexibility index (Phi) is 4.47. The van der Waals surface area contributed by atoms with E-state index >= 15 is 0 Å². The van der Waals surface area contributed by atoms with Crippen molar-refractivity contribution in [2.45, 2.75) is 32.0 Å². The minimum atomic E-state index is -0.483. The lowest BCUT2D eigenvalue weighted by atomic mass is 10.2. The third kappa shape index (κ3) is 3.76. The summed E-state index contributed by atoms with van der Waals surface area (Å²) in [6.45, 7) is 3.01. The second-order valence-corrected chi connectivity index (χ2v) is 4.83. The number of thiazole rings is 1. The Bertz CT molecular complexity index is 350. The minimum absolute atomic E-state index is 0.144.